The number of hydrogen-bond acceptors (Lipinski definition) is 4. The summed E-state index contributed by atoms with van der Waals surface area (Å²) in [6.45, 7) is 2.07. The predicted molar refractivity (Wildman–Crippen MR) is 105 cm³/mol. The molecule has 2 atom stereocenters. The van der Waals surface area contributed by atoms with Crippen LogP contribution in [0.5, 0.6) is 0 Å². The van der Waals surface area contributed by atoms with E-state index in [9.17, 15) is 9.59 Å². The minimum Gasteiger partial charge on any atom is -0.347 e. The normalized spacial score (nSPS) is 20.9. The molecule has 0 saturated carbocycles. The number of halogens is 1. The fourth-order valence-corrected chi connectivity index (χ4v) is 3.92. The van der Waals surface area contributed by atoms with Gasteiger partial charge in [0.1, 0.15) is 0 Å². The molecule has 2 aliphatic heterocycles. The molecule has 0 spiro atoms. The Hall–Kier alpha value is -2.38. The smallest absolute Gasteiger partial charge is 0.246 e. The molecule has 1 fully saturated rings. The van der Waals surface area contributed by atoms with Gasteiger partial charge in [0.25, 0.3) is 0 Å². The third-order valence-corrected chi connectivity index (χ3v) is 5.31. The summed E-state index contributed by atoms with van der Waals surface area (Å²) in [5, 5.41) is 10.3. The zero-order valence-electron chi connectivity index (χ0n) is 15.2. The van der Waals surface area contributed by atoms with Crippen molar-refractivity contribution >= 4 is 29.9 Å². The molecule has 2 aliphatic rings. The van der Waals surface area contributed by atoms with Gasteiger partial charge in [-0.2, -0.15) is 5.10 Å². The van der Waals surface area contributed by atoms with Gasteiger partial charge in [-0.3, -0.25) is 14.3 Å². The van der Waals surface area contributed by atoms with E-state index in [-0.39, 0.29) is 42.6 Å². The fraction of sp³-hybridized carbons (Fsp3) is 0.421. The van der Waals surface area contributed by atoms with Gasteiger partial charge < -0.3 is 15.5 Å². The first-order chi connectivity index (χ1) is 12.6. The fourth-order valence-electron chi connectivity index (χ4n) is 3.92. The highest BCUT2D eigenvalue weighted by molar-refractivity contribution is 5.98. The summed E-state index contributed by atoms with van der Waals surface area (Å²) in [6, 6.07) is 7.93. The van der Waals surface area contributed by atoms with E-state index in [1.165, 1.54) is 5.56 Å². The standard InChI is InChI=1S/C19H23N5O2.ClH/c1-23-12-14(8-22-23)15-9-20-10-16(15)19(26)21-11-18(25)24-7-6-13-4-2-3-5-17(13)24;/h2-5,8,12,15-16,20H,6-7,9-11H2,1H3,(H,21,26);1H/t15-,16+;/m1./s1. The average Bonchev–Trinajstić information content (AvgIpc) is 3.37. The monoisotopic (exact) mass is 389 g/mol. The Morgan fingerprint density at radius 2 is 2.11 bits per heavy atom. The molecule has 0 aliphatic carbocycles. The summed E-state index contributed by atoms with van der Waals surface area (Å²) in [4.78, 5) is 27.0. The zero-order chi connectivity index (χ0) is 18.1. The van der Waals surface area contributed by atoms with Crippen LogP contribution in [-0.2, 0) is 23.1 Å². The number of carbonyl (C=O) groups excluding carboxylic acids is 2. The number of aryl methyl sites for hydroxylation is 1. The van der Waals surface area contributed by atoms with E-state index in [1.807, 2.05) is 43.7 Å². The third kappa shape index (κ3) is 3.84. The van der Waals surface area contributed by atoms with Gasteiger partial charge >= 0.3 is 0 Å². The van der Waals surface area contributed by atoms with E-state index in [0.29, 0.717) is 13.1 Å². The predicted octanol–water partition coefficient (Wildman–Crippen LogP) is 0.850. The lowest BCUT2D eigenvalue weighted by atomic mass is 9.90. The van der Waals surface area contributed by atoms with Crippen molar-refractivity contribution in [1.29, 1.82) is 0 Å². The van der Waals surface area contributed by atoms with Crippen molar-refractivity contribution in [1.82, 2.24) is 20.4 Å². The van der Waals surface area contributed by atoms with Crippen LogP contribution in [0.1, 0.15) is 17.0 Å². The van der Waals surface area contributed by atoms with Gasteiger partial charge in [-0.05, 0) is 23.6 Å². The molecule has 2 N–H and O–H groups in total. The second kappa shape index (κ2) is 8.10. The molecule has 0 unspecified atom stereocenters. The van der Waals surface area contributed by atoms with Crippen molar-refractivity contribution in [2.24, 2.45) is 13.0 Å². The number of carbonyl (C=O) groups is 2. The van der Waals surface area contributed by atoms with E-state index in [4.69, 9.17) is 0 Å². The first-order valence-corrected chi connectivity index (χ1v) is 8.98. The lowest BCUT2D eigenvalue weighted by Crippen LogP contribution is -2.42. The van der Waals surface area contributed by atoms with Gasteiger partial charge in [0.2, 0.25) is 11.8 Å². The maximum atomic E-state index is 12.7. The molecule has 8 heteroatoms. The molecule has 3 heterocycles. The van der Waals surface area contributed by atoms with Gasteiger partial charge in [0, 0.05) is 44.5 Å². The molecule has 1 aromatic carbocycles. The molecule has 144 valence electrons. The number of rotatable bonds is 4. The molecule has 27 heavy (non-hydrogen) atoms. The van der Waals surface area contributed by atoms with Crippen LogP contribution in [-0.4, -0.2) is 47.8 Å². The number of benzene rings is 1. The van der Waals surface area contributed by atoms with Gasteiger partial charge in [-0.25, -0.2) is 0 Å². The van der Waals surface area contributed by atoms with Crippen molar-refractivity contribution in [2.45, 2.75) is 12.3 Å². The second-order valence-electron chi connectivity index (χ2n) is 6.96. The summed E-state index contributed by atoms with van der Waals surface area (Å²) in [6.07, 6.45) is 4.63. The number of para-hydroxylation sites is 1. The molecular formula is C19H24ClN5O2. The zero-order valence-corrected chi connectivity index (χ0v) is 16.0. The number of fused-ring (bicyclic) bond motifs is 1. The Kier molecular flexibility index (Phi) is 5.82. The van der Waals surface area contributed by atoms with Crippen LogP contribution < -0.4 is 15.5 Å². The van der Waals surface area contributed by atoms with Crippen molar-refractivity contribution in [3.63, 3.8) is 0 Å². The number of anilines is 1. The molecule has 4 rings (SSSR count). The van der Waals surface area contributed by atoms with Crippen LogP contribution in [0.4, 0.5) is 5.69 Å². The molecular weight excluding hydrogens is 366 g/mol. The summed E-state index contributed by atoms with van der Waals surface area (Å²) in [7, 11) is 1.87. The van der Waals surface area contributed by atoms with Crippen molar-refractivity contribution in [2.75, 3.05) is 31.1 Å². The van der Waals surface area contributed by atoms with Crippen LogP contribution in [0.2, 0.25) is 0 Å². The summed E-state index contributed by atoms with van der Waals surface area (Å²) < 4.78 is 1.75. The number of nitrogens with zero attached hydrogens (tertiary/aromatic N) is 3. The summed E-state index contributed by atoms with van der Waals surface area (Å²) in [5.41, 5.74) is 3.20. The number of nitrogens with one attached hydrogen (secondary N) is 2. The Morgan fingerprint density at radius 3 is 2.89 bits per heavy atom. The minimum absolute atomic E-state index is 0. The largest absolute Gasteiger partial charge is 0.347 e. The van der Waals surface area contributed by atoms with Gasteiger partial charge in [0.05, 0.1) is 18.7 Å². The molecule has 1 aromatic heterocycles. The van der Waals surface area contributed by atoms with Crippen LogP contribution in [0.15, 0.2) is 36.7 Å². The second-order valence-corrected chi connectivity index (χ2v) is 6.96. The maximum Gasteiger partial charge on any atom is 0.246 e. The lowest BCUT2D eigenvalue weighted by molar-refractivity contribution is -0.127. The molecule has 2 amide bonds. The van der Waals surface area contributed by atoms with Crippen LogP contribution in [0.3, 0.4) is 0 Å². The Labute approximate surface area is 164 Å². The van der Waals surface area contributed by atoms with E-state index in [2.05, 4.69) is 15.7 Å². The highest BCUT2D eigenvalue weighted by Gasteiger charge is 2.35. The molecule has 7 nitrogen and oxygen atoms in total. The van der Waals surface area contributed by atoms with E-state index >= 15 is 0 Å². The highest BCUT2D eigenvalue weighted by atomic mass is 35.5. The number of aromatic nitrogens is 2. The van der Waals surface area contributed by atoms with Crippen LogP contribution >= 0.6 is 12.4 Å². The van der Waals surface area contributed by atoms with Gasteiger partial charge in [-0.15, -0.1) is 12.4 Å². The topological polar surface area (TPSA) is 79.3 Å². The van der Waals surface area contributed by atoms with E-state index in [1.54, 1.807) is 9.58 Å². The van der Waals surface area contributed by atoms with Crippen molar-refractivity contribution in [3.8, 4) is 0 Å². The highest BCUT2D eigenvalue weighted by Crippen LogP contribution is 2.29. The Bertz CT molecular complexity index is 837. The average molecular weight is 390 g/mol. The van der Waals surface area contributed by atoms with Crippen molar-refractivity contribution < 1.29 is 9.59 Å². The van der Waals surface area contributed by atoms with E-state index < -0.39 is 0 Å². The number of amides is 2. The van der Waals surface area contributed by atoms with Crippen molar-refractivity contribution in [3.05, 3.63) is 47.8 Å². The summed E-state index contributed by atoms with van der Waals surface area (Å²) in [5.74, 6) is -0.235. The summed E-state index contributed by atoms with van der Waals surface area (Å²) >= 11 is 0. The molecule has 0 bridgehead atoms. The maximum absolute atomic E-state index is 12.7. The molecule has 2 aromatic rings. The Balaban J connectivity index is 0.00000210. The Morgan fingerprint density at radius 1 is 1.30 bits per heavy atom. The SMILES string of the molecule is Cl.Cn1cc([C@H]2CNC[C@@H]2C(=O)NCC(=O)N2CCc3ccccc32)cn1. The lowest BCUT2D eigenvalue weighted by Gasteiger charge is -2.20. The van der Waals surface area contributed by atoms with Crippen LogP contribution in [0.25, 0.3) is 0 Å². The van der Waals surface area contributed by atoms with Gasteiger partial charge in [0.15, 0.2) is 0 Å². The number of hydrogen-bond donors (Lipinski definition) is 2. The third-order valence-electron chi connectivity index (χ3n) is 5.31. The minimum atomic E-state index is -0.183. The molecule has 1 saturated heterocycles. The van der Waals surface area contributed by atoms with Gasteiger partial charge in [-0.1, -0.05) is 18.2 Å². The first-order valence-electron chi connectivity index (χ1n) is 8.98. The van der Waals surface area contributed by atoms with E-state index in [0.717, 1.165) is 24.2 Å². The quantitative estimate of drug-likeness (QED) is 0.812. The first kappa shape index (κ1) is 19.4. The van der Waals surface area contributed by atoms with Crippen LogP contribution in [0, 0.1) is 5.92 Å². The molecule has 0 radical (unpaired) electrons.